The second-order valence-corrected chi connectivity index (χ2v) is 5.60. The topological polar surface area (TPSA) is 75.4 Å². The van der Waals surface area contributed by atoms with Gasteiger partial charge in [-0.3, -0.25) is 10.1 Å². The van der Waals surface area contributed by atoms with Crippen molar-refractivity contribution in [2.24, 2.45) is 0 Å². The van der Waals surface area contributed by atoms with Crippen LogP contribution in [0.15, 0.2) is 36.4 Å². The summed E-state index contributed by atoms with van der Waals surface area (Å²) >= 11 is 2.22. The summed E-state index contributed by atoms with van der Waals surface area (Å²) in [7, 11) is 0. The van der Waals surface area contributed by atoms with Crippen LogP contribution in [0.3, 0.4) is 0 Å². The average Bonchev–Trinajstić information content (AvgIpc) is 2.42. The maximum atomic E-state index is 11.1. The van der Waals surface area contributed by atoms with Crippen LogP contribution in [0.1, 0.15) is 11.1 Å². The summed E-state index contributed by atoms with van der Waals surface area (Å²) in [5, 5.41) is 23.2. The van der Waals surface area contributed by atoms with Crippen molar-refractivity contribution in [1.29, 1.82) is 0 Å². The summed E-state index contributed by atoms with van der Waals surface area (Å²) in [6, 6.07) is 10.5. The average molecular weight is 384 g/mol. The van der Waals surface area contributed by atoms with Crippen molar-refractivity contribution in [3.8, 4) is 0 Å². The van der Waals surface area contributed by atoms with Gasteiger partial charge in [0.2, 0.25) is 0 Å². The van der Waals surface area contributed by atoms with Crippen molar-refractivity contribution >= 4 is 39.7 Å². The maximum absolute atomic E-state index is 11.1. The van der Waals surface area contributed by atoms with Crippen LogP contribution in [-0.2, 0) is 6.61 Å². The van der Waals surface area contributed by atoms with Gasteiger partial charge in [-0.05, 0) is 64.9 Å². The van der Waals surface area contributed by atoms with E-state index >= 15 is 0 Å². The number of hydrogen-bond acceptors (Lipinski definition) is 4. The molecule has 2 aromatic rings. The lowest BCUT2D eigenvalue weighted by molar-refractivity contribution is -0.384. The molecule has 0 spiro atoms. The van der Waals surface area contributed by atoms with E-state index in [4.69, 9.17) is 5.11 Å². The molecule has 20 heavy (non-hydrogen) atoms. The standard InChI is InChI=1S/C14H13IN2O3/c1-9-6-11(15)3-5-12(9)16-13-4-2-10(8-18)7-14(13)17(19)20/h2-7,16,18H,8H2,1H3. The van der Waals surface area contributed by atoms with Crippen LogP contribution in [0.5, 0.6) is 0 Å². The van der Waals surface area contributed by atoms with Gasteiger partial charge in [0.15, 0.2) is 0 Å². The van der Waals surface area contributed by atoms with E-state index in [0.717, 1.165) is 14.8 Å². The van der Waals surface area contributed by atoms with Crippen molar-refractivity contribution in [1.82, 2.24) is 0 Å². The second-order valence-electron chi connectivity index (χ2n) is 4.35. The molecule has 0 radical (unpaired) electrons. The normalized spacial score (nSPS) is 10.3. The molecule has 0 heterocycles. The summed E-state index contributed by atoms with van der Waals surface area (Å²) < 4.78 is 1.11. The fourth-order valence-electron chi connectivity index (χ4n) is 1.84. The van der Waals surface area contributed by atoms with Gasteiger partial charge in [-0.15, -0.1) is 0 Å². The molecule has 0 aromatic heterocycles. The molecule has 2 aromatic carbocycles. The van der Waals surface area contributed by atoms with Crippen molar-refractivity contribution in [2.75, 3.05) is 5.32 Å². The van der Waals surface area contributed by atoms with Gasteiger partial charge in [0.25, 0.3) is 5.69 Å². The van der Waals surface area contributed by atoms with Crippen molar-refractivity contribution < 1.29 is 10.0 Å². The first-order chi connectivity index (χ1) is 9.51. The molecule has 0 saturated carbocycles. The Labute approximate surface area is 129 Å². The highest BCUT2D eigenvalue weighted by atomic mass is 127. The number of aliphatic hydroxyl groups excluding tert-OH is 1. The zero-order valence-electron chi connectivity index (χ0n) is 10.8. The molecule has 6 heteroatoms. The largest absolute Gasteiger partial charge is 0.392 e. The molecule has 0 aliphatic carbocycles. The van der Waals surface area contributed by atoms with E-state index in [-0.39, 0.29) is 12.3 Å². The molecule has 0 aliphatic rings. The van der Waals surface area contributed by atoms with Gasteiger partial charge in [0.1, 0.15) is 5.69 Å². The second kappa shape index (κ2) is 6.19. The Morgan fingerprint density at radius 3 is 2.55 bits per heavy atom. The molecule has 2 N–H and O–H groups in total. The Hall–Kier alpha value is -1.67. The Morgan fingerprint density at radius 2 is 1.95 bits per heavy atom. The first kappa shape index (κ1) is 14.7. The van der Waals surface area contributed by atoms with Crippen LogP contribution in [0.4, 0.5) is 17.1 Å². The van der Waals surface area contributed by atoms with E-state index in [1.165, 1.54) is 6.07 Å². The number of anilines is 2. The molecule has 0 amide bonds. The summed E-state index contributed by atoms with van der Waals surface area (Å²) in [6.45, 7) is 1.72. The van der Waals surface area contributed by atoms with Gasteiger partial charge in [0, 0.05) is 15.3 Å². The van der Waals surface area contributed by atoms with Crippen LogP contribution >= 0.6 is 22.6 Å². The monoisotopic (exact) mass is 384 g/mol. The fraction of sp³-hybridized carbons (Fsp3) is 0.143. The lowest BCUT2D eigenvalue weighted by Crippen LogP contribution is -1.99. The first-order valence-electron chi connectivity index (χ1n) is 5.92. The Balaban J connectivity index is 2.40. The minimum atomic E-state index is -0.455. The Morgan fingerprint density at radius 1 is 1.25 bits per heavy atom. The lowest BCUT2D eigenvalue weighted by Gasteiger charge is -2.11. The maximum Gasteiger partial charge on any atom is 0.293 e. The number of nitrogens with zero attached hydrogens (tertiary/aromatic N) is 1. The van der Waals surface area contributed by atoms with E-state index in [0.29, 0.717) is 11.3 Å². The van der Waals surface area contributed by atoms with Gasteiger partial charge < -0.3 is 10.4 Å². The minimum Gasteiger partial charge on any atom is -0.392 e. The number of hydrogen-bond donors (Lipinski definition) is 2. The number of nitrogens with one attached hydrogen (secondary N) is 1. The van der Waals surface area contributed by atoms with E-state index in [2.05, 4.69) is 27.9 Å². The number of halogens is 1. The molecular weight excluding hydrogens is 371 g/mol. The molecule has 2 rings (SSSR count). The third kappa shape index (κ3) is 3.26. The van der Waals surface area contributed by atoms with Crippen LogP contribution < -0.4 is 5.32 Å². The van der Waals surface area contributed by atoms with Gasteiger partial charge in [-0.25, -0.2) is 0 Å². The first-order valence-corrected chi connectivity index (χ1v) is 7.00. The molecule has 0 unspecified atom stereocenters. The van der Waals surface area contributed by atoms with Crippen LogP contribution in [0, 0.1) is 20.6 Å². The van der Waals surface area contributed by atoms with Crippen LogP contribution in [0.2, 0.25) is 0 Å². The third-order valence-electron chi connectivity index (χ3n) is 2.90. The highest BCUT2D eigenvalue weighted by Crippen LogP contribution is 2.30. The molecule has 0 saturated heterocycles. The van der Waals surface area contributed by atoms with Crippen molar-refractivity contribution in [3.05, 3.63) is 61.2 Å². The number of nitro benzene ring substituents is 1. The predicted molar refractivity (Wildman–Crippen MR) is 86.2 cm³/mol. The highest BCUT2D eigenvalue weighted by Gasteiger charge is 2.15. The summed E-state index contributed by atoms with van der Waals surface area (Å²) in [5.41, 5.74) is 2.72. The van der Waals surface area contributed by atoms with Gasteiger partial charge in [-0.1, -0.05) is 6.07 Å². The smallest absolute Gasteiger partial charge is 0.293 e. The summed E-state index contributed by atoms with van der Waals surface area (Å²) in [6.07, 6.45) is 0. The lowest BCUT2D eigenvalue weighted by atomic mass is 10.1. The quantitative estimate of drug-likeness (QED) is 0.479. The van der Waals surface area contributed by atoms with E-state index in [1.54, 1.807) is 12.1 Å². The number of aryl methyl sites for hydroxylation is 1. The van der Waals surface area contributed by atoms with E-state index in [1.807, 2.05) is 25.1 Å². The van der Waals surface area contributed by atoms with Crippen molar-refractivity contribution in [3.63, 3.8) is 0 Å². The number of rotatable bonds is 4. The molecule has 0 bridgehead atoms. The van der Waals surface area contributed by atoms with Crippen LogP contribution in [-0.4, -0.2) is 10.0 Å². The van der Waals surface area contributed by atoms with Gasteiger partial charge >= 0.3 is 0 Å². The van der Waals surface area contributed by atoms with Crippen LogP contribution in [0.25, 0.3) is 0 Å². The Bertz CT molecular complexity index is 659. The molecular formula is C14H13IN2O3. The Kier molecular flexibility index (Phi) is 4.56. The SMILES string of the molecule is Cc1cc(I)ccc1Nc1ccc(CO)cc1[N+](=O)[O-]. The van der Waals surface area contributed by atoms with Gasteiger partial charge in [0.05, 0.1) is 11.5 Å². The minimum absolute atomic E-state index is 0.0468. The fourth-order valence-corrected chi connectivity index (χ4v) is 2.49. The predicted octanol–water partition coefficient (Wildman–Crippen LogP) is 3.74. The molecule has 0 atom stereocenters. The molecule has 0 fully saturated rings. The summed E-state index contributed by atoms with van der Waals surface area (Å²) in [5.74, 6) is 0. The molecule has 104 valence electrons. The van der Waals surface area contributed by atoms with E-state index in [9.17, 15) is 10.1 Å². The number of nitro groups is 1. The van der Waals surface area contributed by atoms with Gasteiger partial charge in [-0.2, -0.15) is 0 Å². The summed E-state index contributed by atoms with van der Waals surface area (Å²) in [4.78, 5) is 10.6. The molecule has 5 nitrogen and oxygen atoms in total. The third-order valence-corrected chi connectivity index (χ3v) is 3.57. The van der Waals surface area contributed by atoms with E-state index < -0.39 is 4.92 Å². The zero-order chi connectivity index (χ0) is 14.7. The zero-order valence-corrected chi connectivity index (χ0v) is 12.9. The van der Waals surface area contributed by atoms with Crippen molar-refractivity contribution in [2.45, 2.75) is 13.5 Å². The molecule has 0 aliphatic heterocycles. The number of benzene rings is 2. The number of aliphatic hydroxyl groups is 1. The highest BCUT2D eigenvalue weighted by molar-refractivity contribution is 14.1.